The average Bonchev–Trinajstić information content (AvgIpc) is 3.75. The van der Waals surface area contributed by atoms with Gasteiger partial charge >= 0.3 is 0 Å². The van der Waals surface area contributed by atoms with Crippen molar-refractivity contribution in [2.24, 2.45) is 0 Å². The van der Waals surface area contributed by atoms with Crippen molar-refractivity contribution in [2.45, 2.75) is 0 Å². The summed E-state index contributed by atoms with van der Waals surface area (Å²) in [4.78, 5) is 9.47. The zero-order valence-electron chi connectivity index (χ0n) is 20.8. The number of hydrogen-bond donors (Lipinski definition) is 0. The summed E-state index contributed by atoms with van der Waals surface area (Å²) >= 11 is 1.69. The summed E-state index contributed by atoms with van der Waals surface area (Å²) in [5, 5.41) is 6.69. The molecule has 4 aromatic heterocycles. The first-order chi connectivity index (χ1) is 19.3. The molecule has 0 spiro atoms. The number of aromatic nitrogens is 3. The first-order valence-corrected chi connectivity index (χ1v) is 13.8. The predicted octanol–water partition coefficient (Wildman–Crippen LogP) is 9.38. The Kier molecular flexibility index (Phi) is 4.96. The van der Waals surface area contributed by atoms with E-state index in [4.69, 9.17) is 9.40 Å². The van der Waals surface area contributed by atoms with E-state index in [0.717, 1.165) is 55.8 Å². The van der Waals surface area contributed by atoms with E-state index in [1.807, 2.05) is 48.7 Å². The van der Waals surface area contributed by atoms with Crippen molar-refractivity contribution in [1.82, 2.24) is 14.5 Å². The van der Waals surface area contributed by atoms with Crippen molar-refractivity contribution in [1.29, 1.82) is 0 Å². The van der Waals surface area contributed by atoms with Crippen molar-refractivity contribution in [2.75, 3.05) is 0 Å². The maximum Gasteiger partial charge on any atom is 0.228 e. The molecule has 5 heteroatoms. The summed E-state index contributed by atoms with van der Waals surface area (Å²) in [6, 6.07) is 37.8. The highest BCUT2D eigenvalue weighted by molar-refractivity contribution is 7.08. The number of pyridine rings is 1. The quantitative estimate of drug-likeness (QED) is 0.233. The molecular weight excluding hydrogens is 498 g/mol. The van der Waals surface area contributed by atoms with Crippen LogP contribution in [-0.2, 0) is 0 Å². The lowest BCUT2D eigenvalue weighted by Crippen LogP contribution is -1.95. The number of hydrogen-bond acceptors (Lipinski definition) is 4. The van der Waals surface area contributed by atoms with E-state index in [2.05, 4.69) is 87.0 Å². The Morgan fingerprint density at radius 3 is 2.44 bits per heavy atom. The first kappa shape index (κ1) is 22.0. The van der Waals surface area contributed by atoms with Gasteiger partial charge in [-0.05, 0) is 82.6 Å². The van der Waals surface area contributed by atoms with Gasteiger partial charge in [-0.15, -0.1) is 0 Å². The van der Waals surface area contributed by atoms with Crippen molar-refractivity contribution in [3.63, 3.8) is 0 Å². The summed E-state index contributed by atoms with van der Waals surface area (Å²) in [5.41, 5.74) is 10.2. The number of nitrogens with zero attached hydrogens (tertiary/aromatic N) is 3. The van der Waals surface area contributed by atoms with E-state index in [1.54, 1.807) is 11.3 Å². The van der Waals surface area contributed by atoms with Crippen LogP contribution in [0.3, 0.4) is 0 Å². The highest BCUT2D eigenvalue weighted by Crippen LogP contribution is 2.41. The predicted molar refractivity (Wildman–Crippen MR) is 160 cm³/mol. The second kappa shape index (κ2) is 8.79. The molecule has 0 aliphatic carbocycles. The molecule has 0 aliphatic rings. The van der Waals surface area contributed by atoms with Gasteiger partial charge in [0.15, 0.2) is 5.58 Å². The van der Waals surface area contributed by atoms with Crippen molar-refractivity contribution >= 4 is 44.2 Å². The summed E-state index contributed by atoms with van der Waals surface area (Å²) in [5.74, 6) is 0.623. The third-order valence-corrected chi connectivity index (χ3v) is 7.92. The molecule has 0 fully saturated rings. The fourth-order valence-electron chi connectivity index (χ4n) is 5.45. The minimum atomic E-state index is 0.623. The lowest BCUT2D eigenvalue weighted by molar-refractivity contribution is 0.620. The van der Waals surface area contributed by atoms with Gasteiger partial charge in [0.25, 0.3) is 0 Å². The molecule has 39 heavy (non-hydrogen) atoms. The topological polar surface area (TPSA) is 43.9 Å². The molecule has 4 heterocycles. The summed E-state index contributed by atoms with van der Waals surface area (Å²) in [7, 11) is 0. The Bertz CT molecular complexity index is 2090. The van der Waals surface area contributed by atoms with Crippen molar-refractivity contribution in [3.05, 3.63) is 126 Å². The van der Waals surface area contributed by atoms with Gasteiger partial charge in [0.05, 0.1) is 16.7 Å². The normalized spacial score (nSPS) is 11.6. The Morgan fingerprint density at radius 2 is 1.56 bits per heavy atom. The van der Waals surface area contributed by atoms with Crippen LogP contribution < -0.4 is 0 Å². The number of fused-ring (bicyclic) bond motifs is 4. The average molecular weight is 520 g/mol. The maximum atomic E-state index is 6.31. The molecule has 0 amide bonds. The molecule has 0 saturated carbocycles. The fraction of sp³-hybridized carbons (Fsp3) is 0. The number of para-hydroxylation sites is 3. The molecule has 8 rings (SSSR count). The van der Waals surface area contributed by atoms with Crippen LogP contribution in [0.5, 0.6) is 0 Å². The first-order valence-electron chi connectivity index (χ1n) is 12.8. The summed E-state index contributed by atoms with van der Waals surface area (Å²) in [6.07, 6.45) is 1.83. The Labute approximate surface area is 228 Å². The molecule has 0 saturated heterocycles. The standard InChI is InChI=1S/C34H21N3OS/c1-3-13-31-25(10-1)27-19-26(23-15-17-39-21-23)28(34-36-30-12-2-4-14-33(30)38-34)20-32(27)37(31)24-9-7-8-22(18-24)29-11-5-6-16-35-29/h1-21H. The third-order valence-electron chi connectivity index (χ3n) is 7.23. The van der Waals surface area contributed by atoms with E-state index >= 15 is 0 Å². The smallest absolute Gasteiger partial charge is 0.228 e. The number of oxazole rings is 1. The van der Waals surface area contributed by atoms with Crippen LogP contribution >= 0.6 is 11.3 Å². The number of thiophene rings is 1. The summed E-state index contributed by atoms with van der Waals surface area (Å²) < 4.78 is 8.65. The van der Waals surface area contributed by atoms with Crippen LogP contribution in [0.4, 0.5) is 0 Å². The molecule has 184 valence electrons. The van der Waals surface area contributed by atoms with E-state index in [1.165, 1.54) is 10.8 Å². The van der Waals surface area contributed by atoms with Gasteiger partial charge in [0.2, 0.25) is 5.89 Å². The second-order valence-electron chi connectivity index (χ2n) is 9.53. The lowest BCUT2D eigenvalue weighted by atomic mass is 9.98. The minimum Gasteiger partial charge on any atom is -0.436 e. The fourth-order valence-corrected chi connectivity index (χ4v) is 6.11. The molecule has 8 aromatic rings. The van der Waals surface area contributed by atoms with Gasteiger partial charge in [-0.3, -0.25) is 4.98 Å². The van der Waals surface area contributed by atoms with Crippen LogP contribution in [0.2, 0.25) is 0 Å². The highest BCUT2D eigenvalue weighted by Gasteiger charge is 2.20. The maximum absolute atomic E-state index is 6.31. The van der Waals surface area contributed by atoms with Crippen LogP contribution in [0.25, 0.3) is 72.4 Å². The zero-order chi connectivity index (χ0) is 25.8. The minimum absolute atomic E-state index is 0.623. The highest BCUT2D eigenvalue weighted by atomic mass is 32.1. The van der Waals surface area contributed by atoms with E-state index in [0.29, 0.717) is 5.89 Å². The van der Waals surface area contributed by atoms with Crippen LogP contribution in [0.15, 0.2) is 131 Å². The Hall–Kier alpha value is -5.00. The van der Waals surface area contributed by atoms with E-state index < -0.39 is 0 Å². The Balaban J connectivity index is 1.45. The lowest BCUT2D eigenvalue weighted by Gasteiger charge is -2.12. The van der Waals surface area contributed by atoms with Gasteiger partial charge in [-0.2, -0.15) is 11.3 Å². The van der Waals surface area contributed by atoms with E-state index in [9.17, 15) is 0 Å². The molecule has 4 aromatic carbocycles. The van der Waals surface area contributed by atoms with Crippen molar-refractivity contribution in [3.8, 4) is 39.5 Å². The van der Waals surface area contributed by atoms with Gasteiger partial charge < -0.3 is 8.98 Å². The van der Waals surface area contributed by atoms with Gasteiger partial charge in [0, 0.05) is 33.8 Å². The Morgan fingerprint density at radius 1 is 0.667 bits per heavy atom. The molecule has 4 nitrogen and oxygen atoms in total. The monoisotopic (exact) mass is 519 g/mol. The van der Waals surface area contributed by atoms with Crippen LogP contribution in [0.1, 0.15) is 0 Å². The molecular formula is C34H21N3OS. The van der Waals surface area contributed by atoms with Crippen molar-refractivity contribution < 1.29 is 4.42 Å². The van der Waals surface area contributed by atoms with Crippen LogP contribution in [-0.4, -0.2) is 14.5 Å². The molecule has 0 aliphatic heterocycles. The molecule has 0 atom stereocenters. The largest absolute Gasteiger partial charge is 0.436 e. The van der Waals surface area contributed by atoms with Gasteiger partial charge in [-0.25, -0.2) is 4.98 Å². The molecule has 0 N–H and O–H groups in total. The van der Waals surface area contributed by atoms with Gasteiger partial charge in [-0.1, -0.05) is 48.5 Å². The molecule has 0 unspecified atom stereocenters. The second-order valence-corrected chi connectivity index (χ2v) is 10.3. The number of rotatable bonds is 4. The zero-order valence-corrected chi connectivity index (χ0v) is 21.6. The van der Waals surface area contributed by atoms with Gasteiger partial charge in [0.1, 0.15) is 5.52 Å². The molecule has 0 radical (unpaired) electrons. The van der Waals surface area contributed by atoms with E-state index in [-0.39, 0.29) is 0 Å². The SMILES string of the molecule is c1ccc(-c2cccc(-n3c4ccccc4c4cc(-c5ccsc5)c(-c5nc6ccccc6o5)cc43)c2)nc1. The molecule has 0 bridgehead atoms. The van der Waals surface area contributed by atoms with Crippen LogP contribution in [0, 0.1) is 0 Å². The summed E-state index contributed by atoms with van der Waals surface area (Å²) in [6.45, 7) is 0. The third kappa shape index (κ3) is 3.59. The number of benzene rings is 4.